The van der Waals surface area contributed by atoms with E-state index in [1.165, 1.54) is 12.8 Å². The molecular weight excluding hydrogens is 154 g/mol. The van der Waals surface area contributed by atoms with Crippen LogP contribution in [0.5, 0.6) is 0 Å². The smallest absolute Gasteiger partial charge is 0.404 e. The molecule has 1 saturated carbocycles. The van der Waals surface area contributed by atoms with Crippen molar-refractivity contribution in [2.24, 2.45) is 0 Å². The fourth-order valence-corrected chi connectivity index (χ4v) is 1.24. The normalized spacial score (nSPS) is 18.0. The fourth-order valence-electron chi connectivity index (χ4n) is 1.24. The number of carbonyl (C=O) groups is 1. The Hall–Kier alpha value is -0.440. The predicted octanol–water partition coefficient (Wildman–Crippen LogP) is 1.62. The first-order valence-electron chi connectivity index (χ1n) is 3.28. The molecule has 0 aliphatic heterocycles. The van der Waals surface area contributed by atoms with Crippen molar-refractivity contribution >= 4 is 18.5 Å². The molecule has 1 aliphatic carbocycles. The van der Waals surface area contributed by atoms with Gasteiger partial charge in [-0.15, -0.1) is 12.4 Å². The molecule has 10 heavy (non-hydrogen) atoms. The Labute approximate surface area is 66.2 Å². The van der Waals surface area contributed by atoms with Crippen LogP contribution in [0.1, 0.15) is 25.7 Å². The van der Waals surface area contributed by atoms with Gasteiger partial charge in [-0.25, -0.2) is 4.79 Å². The van der Waals surface area contributed by atoms with Gasteiger partial charge in [0.2, 0.25) is 0 Å². The lowest BCUT2D eigenvalue weighted by Gasteiger charge is -2.06. The number of amides is 1. The zero-order chi connectivity index (χ0) is 6.69. The van der Waals surface area contributed by atoms with E-state index >= 15 is 0 Å². The van der Waals surface area contributed by atoms with Crippen LogP contribution in [0.3, 0.4) is 0 Å². The summed E-state index contributed by atoms with van der Waals surface area (Å²) in [7, 11) is 0. The van der Waals surface area contributed by atoms with Gasteiger partial charge < -0.3 is 10.4 Å². The minimum absolute atomic E-state index is 0. The van der Waals surface area contributed by atoms with E-state index in [4.69, 9.17) is 5.11 Å². The molecule has 0 atom stereocenters. The van der Waals surface area contributed by atoms with Crippen LogP contribution in [-0.4, -0.2) is 17.2 Å². The summed E-state index contributed by atoms with van der Waals surface area (Å²) >= 11 is 0. The van der Waals surface area contributed by atoms with Crippen LogP contribution in [0.4, 0.5) is 4.79 Å². The van der Waals surface area contributed by atoms with Crippen LogP contribution in [-0.2, 0) is 0 Å². The zero-order valence-electron chi connectivity index (χ0n) is 5.67. The Morgan fingerprint density at radius 1 is 1.40 bits per heavy atom. The molecule has 3 nitrogen and oxygen atoms in total. The van der Waals surface area contributed by atoms with Gasteiger partial charge in [-0.3, -0.25) is 0 Å². The van der Waals surface area contributed by atoms with Crippen molar-refractivity contribution < 1.29 is 9.90 Å². The van der Waals surface area contributed by atoms with Crippen LogP contribution in [0, 0.1) is 0 Å². The highest BCUT2D eigenvalue weighted by Gasteiger charge is 2.15. The highest BCUT2D eigenvalue weighted by atomic mass is 35.5. The molecule has 0 bridgehead atoms. The number of nitrogens with one attached hydrogen (secondary N) is 1. The summed E-state index contributed by atoms with van der Waals surface area (Å²) in [6.07, 6.45) is 3.50. The fraction of sp³-hybridized carbons (Fsp3) is 0.833. The summed E-state index contributed by atoms with van der Waals surface area (Å²) in [5.41, 5.74) is 0. The van der Waals surface area contributed by atoms with Gasteiger partial charge >= 0.3 is 6.09 Å². The van der Waals surface area contributed by atoms with E-state index in [0.29, 0.717) is 0 Å². The van der Waals surface area contributed by atoms with Crippen molar-refractivity contribution in [3.05, 3.63) is 0 Å². The van der Waals surface area contributed by atoms with Crippen molar-refractivity contribution in [2.75, 3.05) is 0 Å². The molecule has 1 rings (SSSR count). The average molecular weight is 166 g/mol. The van der Waals surface area contributed by atoms with Crippen LogP contribution >= 0.6 is 12.4 Å². The summed E-state index contributed by atoms with van der Waals surface area (Å²) in [6.45, 7) is 0. The van der Waals surface area contributed by atoms with Gasteiger partial charge in [-0.1, -0.05) is 12.8 Å². The van der Waals surface area contributed by atoms with E-state index in [1.807, 2.05) is 0 Å². The summed E-state index contributed by atoms with van der Waals surface area (Å²) in [5, 5.41) is 10.7. The number of hydrogen-bond donors (Lipinski definition) is 2. The van der Waals surface area contributed by atoms with Gasteiger partial charge in [0, 0.05) is 6.04 Å². The third-order valence-electron chi connectivity index (χ3n) is 1.68. The van der Waals surface area contributed by atoms with Crippen molar-refractivity contribution in [2.45, 2.75) is 31.7 Å². The molecule has 4 heteroatoms. The molecule has 1 amide bonds. The lowest BCUT2D eigenvalue weighted by atomic mass is 10.3. The minimum Gasteiger partial charge on any atom is -0.465 e. The molecule has 60 valence electrons. The summed E-state index contributed by atoms with van der Waals surface area (Å²) in [4.78, 5) is 10.0. The number of rotatable bonds is 1. The highest BCUT2D eigenvalue weighted by Crippen LogP contribution is 2.17. The second-order valence-corrected chi connectivity index (χ2v) is 2.43. The first-order chi connectivity index (χ1) is 4.29. The molecular formula is C6H12ClNO2. The third-order valence-corrected chi connectivity index (χ3v) is 1.68. The van der Waals surface area contributed by atoms with Crippen molar-refractivity contribution in [1.82, 2.24) is 5.32 Å². The van der Waals surface area contributed by atoms with Crippen molar-refractivity contribution in [1.29, 1.82) is 0 Å². The van der Waals surface area contributed by atoms with E-state index in [1.54, 1.807) is 0 Å². The molecule has 0 heterocycles. The first kappa shape index (κ1) is 9.56. The van der Waals surface area contributed by atoms with Crippen LogP contribution < -0.4 is 5.32 Å². The summed E-state index contributed by atoms with van der Waals surface area (Å²) in [6, 6.07) is 0.238. The van der Waals surface area contributed by atoms with Gasteiger partial charge in [0.25, 0.3) is 0 Å². The topological polar surface area (TPSA) is 49.3 Å². The largest absolute Gasteiger partial charge is 0.465 e. The van der Waals surface area contributed by atoms with Crippen molar-refractivity contribution in [3.63, 3.8) is 0 Å². The molecule has 0 radical (unpaired) electrons. The molecule has 0 spiro atoms. The standard InChI is InChI=1S/C6H11NO2.ClH/c8-6(9)7-5-3-1-2-4-5;/h5,7H,1-4H2,(H,8,9);1H. The van der Waals surface area contributed by atoms with Gasteiger partial charge in [0.15, 0.2) is 0 Å². The monoisotopic (exact) mass is 165 g/mol. The number of carboxylic acid groups (broad SMARTS) is 1. The Balaban J connectivity index is 0.000000810. The second kappa shape index (κ2) is 4.39. The quantitative estimate of drug-likeness (QED) is 0.621. The van der Waals surface area contributed by atoms with Gasteiger partial charge in [-0.05, 0) is 12.8 Å². The minimum atomic E-state index is -0.887. The van der Waals surface area contributed by atoms with Crippen LogP contribution in [0.2, 0.25) is 0 Å². The van der Waals surface area contributed by atoms with Gasteiger partial charge in [0.1, 0.15) is 0 Å². The van der Waals surface area contributed by atoms with Crippen LogP contribution in [0.15, 0.2) is 0 Å². The van der Waals surface area contributed by atoms with E-state index in [-0.39, 0.29) is 18.4 Å². The Bertz CT molecular complexity index is 112. The lowest BCUT2D eigenvalue weighted by Crippen LogP contribution is -2.30. The molecule has 1 aliphatic rings. The maximum absolute atomic E-state index is 10.0. The third kappa shape index (κ3) is 2.92. The van der Waals surface area contributed by atoms with Crippen LogP contribution in [0.25, 0.3) is 0 Å². The number of halogens is 1. The molecule has 0 aromatic carbocycles. The summed E-state index contributed by atoms with van der Waals surface area (Å²) in [5.74, 6) is 0. The Kier molecular flexibility index (Phi) is 4.19. The predicted molar refractivity (Wildman–Crippen MR) is 40.7 cm³/mol. The highest BCUT2D eigenvalue weighted by molar-refractivity contribution is 5.85. The Morgan fingerprint density at radius 3 is 2.30 bits per heavy atom. The second-order valence-electron chi connectivity index (χ2n) is 2.43. The molecule has 1 fully saturated rings. The molecule has 2 N–H and O–H groups in total. The molecule has 0 unspecified atom stereocenters. The average Bonchev–Trinajstić information content (AvgIpc) is 2.15. The first-order valence-corrected chi connectivity index (χ1v) is 3.28. The van der Waals surface area contributed by atoms with Gasteiger partial charge in [0.05, 0.1) is 0 Å². The maximum atomic E-state index is 10.0. The van der Waals surface area contributed by atoms with Gasteiger partial charge in [-0.2, -0.15) is 0 Å². The van der Waals surface area contributed by atoms with Crippen molar-refractivity contribution in [3.8, 4) is 0 Å². The maximum Gasteiger partial charge on any atom is 0.404 e. The zero-order valence-corrected chi connectivity index (χ0v) is 6.49. The summed E-state index contributed by atoms with van der Waals surface area (Å²) < 4.78 is 0. The van der Waals surface area contributed by atoms with E-state index in [2.05, 4.69) is 5.32 Å². The molecule has 0 aromatic rings. The lowest BCUT2D eigenvalue weighted by molar-refractivity contribution is 0.190. The van der Waals surface area contributed by atoms with E-state index in [9.17, 15) is 4.79 Å². The SMILES string of the molecule is Cl.O=C(O)NC1CCCC1. The Morgan fingerprint density at radius 2 is 1.90 bits per heavy atom. The molecule has 0 aromatic heterocycles. The number of hydrogen-bond acceptors (Lipinski definition) is 1. The van der Waals surface area contributed by atoms with E-state index < -0.39 is 6.09 Å². The van der Waals surface area contributed by atoms with E-state index in [0.717, 1.165) is 12.8 Å². The molecule has 0 saturated heterocycles.